The summed E-state index contributed by atoms with van der Waals surface area (Å²) in [5, 5.41) is 0. The number of benzene rings is 3. The van der Waals surface area contributed by atoms with Crippen molar-refractivity contribution in [3.63, 3.8) is 0 Å². The fraction of sp³-hybridized carbons (Fsp3) is 0.167. The molecule has 3 aromatic carbocycles. The van der Waals surface area contributed by atoms with E-state index < -0.39 is 19.7 Å². The van der Waals surface area contributed by atoms with E-state index in [4.69, 9.17) is 0 Å². The Morgan fingerprint density at radius 3 is 1.33 bits per heavy atom. The maximum absolute atomic E-state index is 12.9. The highest BCUT2D eigenvalue weighted by atomic mass is 32.2. The van der Waals surface area contributed by atoms with Crippen molar-refractivity contribution in [2.75, 3.05) is 0 Å². The summed E-state index contributed by atoms with van der Waals surface area (Å²) < 4.78 is 60.6. The maximum atomic E-state index is 12.9. The third-order valence-electron chi connectivity index (χ3n) is 5.43. The summed E-state index contributed by atoms with van der Waals surface area (Å²) in [6.07, 6.45) is 0. The first kappa shape index (κ1) is 21.9. The minimum atomic E-state index is -3.47. The van der Waals surface area contributed by atoms with Crippen LogP contribution in [0.5, 0.6) is 0 Å². The minimum Gasteiger partial charge on any atom is -0.228 e. The highest BCUT2D eigenvalue weighted by Gasteiger charge is 2.20. The molecule has 5 rings (SSSR count). The van der Waals surface area contributed by atoms with Crippen LogP contribution in [-0.4, -0.2) is 25.6 Å². The summed E-state index contributed by atoms with van der Waals surface area (Å²) in [6.45, 7) is 0. The molecule has 0 N–H and O–H groups in total. The van der Waals surface area contributed by atoms with Gasteiger partial charge in [-0.3, -0.25) is 0 Å². The lowest BCUT2D eigenvalue weighted by atomic mass is 10.0. The van der Waals surface area contributed by atoms with Gasteiger partial charge in [-0.15, -0.1) is 0 Å². The molecule has 0 amide bonds. The van der Waals surface area contributed by atoms with Gasteiger partial charge in [0.2, 0.25) is 0 Å². The normalized spacial score (nSPS) is 17.0. The first-order chi connectivity index (χ1) is 15.8. The largest absolute Gasteiger partial charge is 0.228 e. The zero-order chi connectivity index (χ0) is 23.1. The number of sulfone groups is 2. The van der Waals surface area contributed by atoms with Gasteiger partial charge < -0.3 is 0 Å². The molecule has 0 fully saturated rings. The quantitative estimate of drug-likeness (QED) is 0.358. The predicted molar refractivity (Wildman–Crippen MR) is 130 cm³/mol. The van der Waals surface area contributed by atoms with Crippen LogP contribution in [-0.2, 0) is 42.7 Å². The molecular formula is C24H20N2O4S3. The predicted octanol–water partition coefficient (Wildman–Crippen LogP) is 4.42. The molecule has 0 radical (unpaired) electrons. The second kappa shape index (κ2) is 8.48. The van der Waals surface area contributed by atoms with Crippen LogP contribution in [0.25, 0.3) is 22.5 Å². The smallest absolute Gasteiger partial charge is 0.158 e. The lowest BCUT2D eigenvalue weighted by molar-refractivity contribution is 0.593. The summed E-state index contributed by atoms with van der Waals surface area (Å²) in [5.74, 6) is -0.553. The first-order valence-corrected chi connectivity index (χ1v) is 14.6. The van der Waals surface area contributed by atoms with E-state index in [0.29, 0.717) is 33.6 Å². The molecular weight excluding hydrogens is 476 g/mol. The molecule has 0 spiro atoms. The van der Waals surface area contributed by atoms with E-state index in [2.05, 4.69) is 8.75 Å². The SMILES string of the molecule is O=S1(=O)Cc2cccc(c2)CS(=O)(=O)Cc2cccc(c2)-c2nsnc2-c2cccc(c2)C1. The van der Waals surface area contributed by atoms with Gasteiger partial charge in [0.15, 0.2) is 19.7 Å². The summed E-state index contributed by atoms with van der Waals surface area (Å²) in [6, 6.07) is 21.5. The van der Waals surface area contributed by atoms with Crippen molar-refractivity contribution in [2.24, 2.45) is 0 Å². The Hall–Kier alpha value is -2.88. The van der Waals surface area contributed by atoms with Gasteiger partial charge in [0.25, 0.3) is 0 Å². The third kappa shape index (κ3) is 5.05. The molecule has 1 aliphatic rings. The van der Waals surface area contributed by atoms with E-state index in [1.807, 2.05) is 36.4 Å². The van der Waals surface area contributed by atoms with Gasteiger partial charge >= 0.3 is 0 Å². The molecule has 9 heteroatoms. The molecule has 4 aromatic rings. The van der Waals surface area contributed by atoms with Gasteiger partial charge in [-0.05, 0) is 34.4 Å². The second-order valence-corrected chi connectivity index (χ2v) is 12.9. The molecule has 0 saturated heterocycles. The van der Waals surface area contributed by atoms with Crippen molar-refractivity contribution >= 4 is 31.4 Å². The Kier molecular flexibility index (Phi) is 5.64. The summed E-state index contributed by atoms with van der Waals surface area (Å²) in [7, 11) is -6.94. The number of aromatic nitrogens is 2. The molecule has 6 bridgehead atoms. The Morgan fingerprint density at radius 1 is 0.545 bits per heavy atom. The van der Waals surface area contributed by atoms with Crippen LogP contribution in [0.2, 0.25) is 0 Å². The van der Waals surface area contributed by atoms with Crippen molar-refractivity contribution in [3.8, 4) is 22.5 Å². The summed E-state index contributed by atoms with van der Waals surface area (Å²) in [5.41, 5.74) is 5.34. The lowest BCUT2D eigenvalue weighted by Crippen LogP contribution is -2.10. The zero-order valence-corrected chi connectivity index (χ0v) is 20.0. The average Bonchev–Trinajstić information content (AvgIpc) is 3.22. The first-order valence-electron chi connectivity index (χ1n) is 10.3. The van der Waals surface area contributed by atoms with Gasteiger partial charge in [-0.25, -0.2) is 16.8 Å². The molecule has 0 unspecified atom stereocenters. The topological polar surface area (TPSA) is 94.1 Å². The summed E-state index contributed by atoms with van der Waals surface area (Å²) >= 11 is 1.07. The number of rotatable bonds is 0. The van der Waals surface area contributed by atoms with E-state index >= 15 is 0 Å². The van der Waals surface area contributed by atoms with Crippen molar-refractivity contribution in [1.29, 1.82) is 0 Å². The highest BCUT2D eigenvalue weighted by Crippen LogP contribution is 2.32. The Bertz CT molecular complexity index is 1450. The molecule has 1 aromatic heterocycles. The number of hydrogen-bond donors (Lipinski definition) is 0. The molecule has 0 aliphatic carbocycles. The fourth-order valence-electron chi connectivity index (χ4n) is 4.11. The third-order valence-corrected chi connectivity index (χ3v) is 9.05. The van der Waals surface area contributed by atoms with Crippen molar-refractivity contribution in [3.05, 3.63) is 95.1 Å². The molecule has 0 atom stereocenters. The average molecular weight is 497 g/mol. The molecule has 6 nitrogen and oxygen atoms in total. The van der Waals surface area contributed by atoms with Crippen LogP contribution < -0.4 is 0 Å². The molecule has 2 heterocycles. The number of fused-ring (bicyclic) bond motifs is 9. The van der Waals surface area contributed by atoms with Crippen LogP contribution in [0.4, 0.5) is 0 Å². The number of nitrogens with zero attached hydrogens (tertiary/aromatic N) is 2. The van der Waals surface area contributed by atoms with Crippen LogP contribution >= 0.6 is 11.7 Å². The van der Waals surface area contributed by atoms with Gasteiger partial charge in [0.1, 0.15) is 11.4 Å². The van der Waals surface area contributed by atoms with E-state index in [1.165, 1.54) is 0 Å². The Morgan fingerprint density at radius 2 is 0.909 bits per heavy atom. The summed E-state index contributed by atoms with van der Waals surface area (Å²) in [4.78, 5) is 0. The van der Waals surface area contributed by atoms with Crippen LogP contribution in [0.15, 0.2) is 72.8 Å². The monoisotopic (exact) mass is 496 g/mol. The van der Waals surface area contributed by atoms with Crippen molar-refractivity contribution in [1.82, 2.24) is 8.75 Å². The van der Waals surface area contributed by atoms with E-state index in [9.17, 15) is 16.8 Å². The van der Waals surface area contributed by atoms with Crippen LogP contribution in [0.3, 0.4) is 0 Å². The molecule has 168 valence electrons. The van der Waals surface area contributed by atoms with E-state index in [-0.39, 0.29) is 23.0 Å². The van der Waals surface area contributed by atoms with Crippen molar-refractivity contribution in [2.45, 2.75) is 23.0 Å². The zero-order valence-electron chi connectivity index (χ0n) is 17.5. The Labute approximate surface area is 197 Å². The Balaban J connectivity index is 1.67. The lowest BCUT2D eigenvalue weighted by Gasteiger charge is -2.09. The van der Waals surface area contributed by atoms with E-state index in [0.717, 1.165) is 22.9 Å². The molecule has 33 heavy (non-hydrogen) atoms. The molecule has 0 saturated carbocycles. The van der Waals surface area contributed by atoms with Crippen molar-refractivity contribution < 1.29 is 16.8 Å². The van der Waals surface area contributed by atoms with Gasteiger partial charge in [-0.2, -0.15) is 8.75 Å². The van der Waals surface area contributed by atoms with Gasteiger partial charge in [0, 0.05) is 11.1 Å². The highest BCUT2D eigenvalue weighted by molar-refractivity contribution is 7.90. The standard InChI is InChI=1S/C24H20N2O4S3/c27-32(28)13-17-4-1-5-18(10-17)14-33(29,30)16-20-7-3-9-22(12-20)24-23(25-31-26-24)21-8-2-6-19(11-21)15-32/h1-12H,13-16H2. The molecule has 1 aliphatic heterocycles. The number of hydrogen-bond acceptors (Lipinski definition) is 7. The van der Waals surface area contributed by atoms with E-state index in [1.54, 1.807) is 36.4 Å². The van der Waals surface area contributed by atoms with Gasteiger partial charge in [-0.1, -0.05) is 60.7 Å². The fourth-order valence-corrected chi connectivity index (χ4v) is 7.65. The minimum absolute atomic E-state index is 0.119. The van der Waals surface area contributed by atoms with Crippen LogP contribution in [0.1, 0.15) is 22.3 Å². The second-order valence-electron chi connectivity index (χ2n) is 8.25. The van der Waals surface area contributed by atoms with Gasteiger partial charge in [0.05, 0.1) is 34.7 Å². The maximum Gasteiger partial charge on any atom is 0.158 e. The van der Waals surface area contributed by atoms with Crippen LogP contribution in [0, 0.1) is 0 Å².